The summed E-state index contributed by atoms with van der Waals surface area (Å²) in [4.78, 5) is 26.4. The van der Waals surface area contributed by atoms with Crippen LogP contribution in [-0.4, -0.2) is 36.9 Å². The fourth-order valence-corrected chi connectivity index (χ4v) is 4.48. The van der Waals surface area contributed by atoms with Crippen LogP contribution in [-0.2, 0) is 33.4 Å². The van der Waals surface area contributed by atoms with E-state index >= 15 is 0 Å². The minimum atomic E-state index is -4.65. The van der Waals surface area contributed by atoms with Crippen LogP contribution in [0.2, 0.25) is 6.82 Å². The molecular weight excluding hydrogens is 510 g/mol. The Morgan fingerprint density at radius 1 is 1.08 bits per heavy atom. The van der Waals surface area contributed by atoms with Crippen molar-refractivity contribution in [3.8, 4) is 11.5 Å². The summed E-state index contributed by atoms with van der Waals surface area (Å²) in [5, 5.41) is 0. The van der Waals surface area contributed by atoms with Gasteiger partial charge >= 0.3 is 18.2 Å². The second kappa shape index (κ2) is 11.8. The van der Waals surface area contributed by atoms with Gasteiger partial charge in [0, 0.05) is 5.56 Å². The van der Waals surface area contributed by atoms with E-state index < -0.39 is 29.9 Å². The minimum absolute atomic E-state index is 0.0854. The van der Waals surface area contributed by atoms with Crippen molar-refractivity contribution >= 4 is 24.8 Å². The molecule has 1 saturated heterocycles. The van der Waals surface area contributed by atoms with Gasteiger partial charge < -0.3 is 14.2 Å². The Morgan fingerprint density at radius 2 is 1.82 bits per heavy atom. The molecule has 2 atom stereocenters. The van der Waals surface area contributed by atoms with Gasteiger partial charge in [0.05, 0.1) is 31.2 Å². The van der Waals surface area contributed by atoms with Gasteiger partial charge in [-0.3, -0.25) is 9.69 Å². The van der Waals surface area contributed by atoms with Crippen LogP contribution in [0.4, 0.5) is 18.0 Å². The van der Waals surface area contributed by atoms with E-state index in [0.29, 0.717) is 5.56 Å². The fraction of sp³-hybridized carbons (Fsp3) is 0.310. The van der Waals surface area contributed by atoms with Gasteiger partial charge in [0.25, 0.3) is 0 Å². The Hall–Kier alpha value is -3.95. The molecule has 1 heterocycles. The van der Waals surface area contributed by atoms with Gasteiger partial charge in [0.2, 0.25) is 0 Å². The van der Waals surface area contributed by atoms with Crippen LogP contribution in [0.25, 0.3) is 0 Å². The third-order valence-electron chi connectivity index (χ3n) is 6.45. The molecule has 0 N–H and O–H groups in total. The molecule has 0 aliphatic carbocycles. The number of rotatable bonds is 9. The Balaban J connectivity index is 1.64. The van der Waals surface area contributed by atoms with Crippen LogP contribution in [0, 0.1) is 0 Å². The number of hydrogen-bond donors (Lipinski definition) is 0. The number of nitrogens with zero attached hydrogens (tertiary/aromatic N) is 1. The molecule has 203 valence electrons. The number of cyclic esters (lactones) is 1. The Kier molecular flexibility index (Phi) is 8.52. The monoisotopic (exact) mass is 538 g/mol. The van der Waals surface area contributed by atoms with E-state index in [1.165, 1.54) is 6.07 Å². The van der Waals surface area contributed by atoms with Crippen LogP contribution in [0.1, 0.15) is 42.2 Å². The molecule has 0 aromatic heterocycles. The molecule has 10 heteroatoms. The highest BCUT2D eigenvalue weighted by molar-refractivity contribution is 6.51. The molecular formula is C29H28BF3NO5. The van der Waals surface area contributed by atoms with Crippen molar-refractivity contribution in [3.05, 3.63) is 89.0 Å². The van der Waals surface area contributed by atoms with Gasteiger partial charge in [0.1, 0.15) is 24.9 Å². The molecule has 1 aliphatic rings. The summed E-state index contributed by atoms with van der Waals surface area (Å²) in [6.07, 6.45) is -5.93. The topological polar surface area (TPSA) is 65.1 Å². The summed E-state index contributed by atoms with van der Waals surface area (Å²) < 4.78 is 57.5. The molecule has 1 aliphatic heterocycles. The molecule has 3 aromatic carbocycles. The standard InChI is InChI=1S/C29H28BF3NO5/c1-4-37-26(35)14-19-12-22(29(31,32)33)16-24(13-19)38-25-11-10-23(30-3)15-21(25)17-34-18(2)27(39-28(34)36)20-8-6-5-7-9-20/h5-13,15-16,18,27H,4,14,17H2,1-3H3/t18-,27-/m0/s1. The molecule has 4 rings (SSSR count). The van der Waals surface area contributed by atoms with Gasteiger partial charge in [-0.25, -0.2) is 4.79 Å². The molecule has 0 bridgehead atoms. The van der Waals surface area contributed by atoms with E-state index in [4.69, 9.17) is 14.2 Å². The lowest BCUT2D eigenvalue weighted by molar-refractivity contribution is -0.142. The fourth-order valence-electron chi connectivity index (χ4n) is 4.48. The van der Waals surface area contributed by atoms with E-state index in [-0.39, 0.29) is 42.7 Å². The van der Waals surface area contributed by atoms with E-state index in [1.54, 1.807) is 24.0 Å². The molecule has 0 unspecified atom stereocenters. The smallest absolute Gasteiger partial charge is 0.416 e. The number of alkyl halides is 3. The zero-order valence-electron chi connectivity index (χ0n) is 21.8. The lowest BCUT2D eigenvalue weighted by Gasteiger charge is -2.23. The molecule has 0 spiro atoms. The summed E-state index contributed by atoms with van der Waals surface area (Å²) in [6, 6.07) is 17.5. The number of ether oxygens (including phenoxy) is 3. The lowest BCUT2D eigenvalue weighted by Crippen LogP contribution is -2.32. The first-order chi connectivity index (χ1) is 18.6. The van der Waals surface area contributed by atoms with Crippen LogP contribution >= 0.6 is 0 Å². The van der Waals surface area contributed by atoms with E-state index in [1.807, 2.05) is 57.4 Å². The first-order valence-corrected chi connectivity index (χ1v) is 12.6. The van der Waals surface area contributed by atoms with Crippen molar-refractivity contribution in [2.45, 2.75) is 52.0 Å². The number of carbonyl (C=O) groups excluding carboxylic acids is 2. The van der Waals surface area contributed by atoms with Crippen LogP contribution in [0.15, 0.2) is 66.7 Å². The van der Waals surface area contributed by atoms with Crippen molar-refractivity contribution in [2.24, 2.45) is 0 Å². The average molecular weight is 538 g/mol. The molecule has 39 heavy (non-hydrogen) atoms. The Bertz CT molecular complexity index is 1330. The van der Waals surface area contributed by atoms with Crippen molar-refractivity contribution in [1.82, 2.24) is 4.90 Å². The Labute approximate surface area is 225 Å². The van der Waals surface area contributed by atoms with Crippen molar-refractivity contribution in [3.63, 3.8) is 0 Å². The summed E-state index contributed by atoms with van der Waals surface area (Å²) in [5.41, 5.74) is 1.48. The summed E-state index contributed by atoms with van der Waals surface area (Å²) in [7, 11) is 1.87. The number of carbonyl (C=O) groups is 2. The zero-order chi connectivity index (χ0) is 28.2. The van der Waals surface area contributed by atoms with Crippen LogP contribution in [0.5, 0.6) is 11.5 Å². The molecule has 1 amide bonds. The van der Waals surface area contributed by atoms with Gasteiger partial charge in [-0.1, -0.05) is 54.8 Å². The van der Waals surface area contributed by atoms with E-state index in [9.17, 15) is 22.8 Å². The lowest BCUT2D eigenvalue weighted by atomic mass is 9.73. The maximum atomic E-state index is 13.6. The third kappa shape index (κ3) is 6.74. The number of esters is 1. The van der Waals surface area contributed by atoms with E-state index in [2.05, 4.69) is 0 Å². The molecule has 1 radical (unpaired) electrons. The normalized spacial score (nSPS) is 17.1. The highest BCUT2D eigenvalue weighted by Gasteiger charge is 2.40. The quantitative estimate of drug-likeness (QED) is 0.245. The summed E-state index contributed by atoms with van der Waals surface area (Å²) >= 11 is 0. The van der Waals surface area contributed by atoms with Gasteiger partial charge in [0.15, 0.2) is 0 Å². The number of amides is 1. The SMILES string of the molecule is C[B]c1ccc(Oc2cc(CC(=O)OCC)cc(C(F)(F)F)c2)c(CN2C(=O)O[C@H](c3ccccc3)[C@@H]2C)c1. The number of hydrogen-bond acceptors (Lipinski definition) is 5. The number of benzene rings is 3. The van der Waals surface area contributed by atoms with Crippen molar-refractivity contribution in [2.75, 3.05) is 6.61 Å². The molecule has 3 aromatic rings. The third-order valence-corrected chi connectivity index (χ3v) is 6.45. The highest BCUT2D eigenvalue weighted by Crippen LogP contribution is 2.37. The molecule has 0 saturated carbocycles. The maximum absolute atomic E-state index is 13.6. The largest absolute Gasteiger partial charge is 0.466 e. The van der Waals surface area contributed by atoms with Crippen LogP contribution < -0.4 is 10.2 Å². The van der Waals surface area contributed by atoms with Gasteiger partial charge in [-0.2, -0.15) is 13.2 Å². The van der Waals surface area contributed by atoms with Gasteiger partial charge in [-0.15, -0.1) is 0 Å². The summed E-state index contributed by atoms with van der Waals surface area (Å²) in [5.74, 6) is -0.441. The second-order valence-electron chi connectivity index (χ2n) is 9.19. The van der Waals surface area contributed by atoms with Crippen molar-refractivity contribution in [1.29, 1.82) is 0 Å². The van der Waals surface area contributed by atoms with Gasteiger partial charge in [-0.05, 0) is 49.2 Å². The second-order valence-corrected chi connectivity index (χ2v) is 9.19. The van der Waals surface area contributed by atoms with E-state index in [0.717, 1.165) is 23.2 Å². The van der Waals surface area contributed by atoms with Crippen molar-refractivity contribution < 1.29 is 37.0 Å². The van der Waals surface area contributed by atoms with Crippen LogP contribution in [0.3, 0.4) is 0 Å². The first kappa shape index (κ1) is 28.1. The predicted molar refractivity (Wildman–Crippen MR) is 140 cm³/mol. The molecule has 6 nitrogen and oxygen atoms in total. The average Bonchev–Trinajstić information content (AvgIpc) is 3.18. The number of halogens is 3. The zero-order valence-corrected chi connectivity index (χ0v) is 21.8. The Morgan fingerprint density at radius 3 is 2.49 bits per heavy atom. The maximum Gasteiger partial charge on any atom is 0.416 e. The summed E-state index contributed by atoms with van der Waals surface area (Å²) in [6.45, 7) is 5.60. The highest BCUT2D eigenvalue weighted by atomic mass is 19.4. The minimum Gasteiger partial charge on any atom is -0.466 e. The molecule has 1 fully saturated rings. The predicted octanol–water partition coefficient (Wildman–Crippen LogP) is 6.06. The first-order valence-electron chi connectivity index (χ1n) is 12.6.